The van der Waals surface area contributed by atoms with Crippen molar-refractivity contribution in [3.05, 3.63) is 28.2 Å². The highest BCUT2D eigenvalue weighted by Gasteiger charge is 2.13. The summed E-state index contributed by atoms with van der Waals surface area (Å²) in [7, 11) is 0. The Morgan fingerprint density at radius 1 is 1.35 bits per heavy atom. The molecule has 0 radical (unpaired) electrons. The van der Waals surface area contributed by atoms with Crippen molar-refractivity contribution in [2.24, 2.45) is 0 Å². The van der Waals surface area contributed by atoms with Gasteiger partial charge in [0.25, 0.3) is 0 Å². The van der Waals surface area contributed by atoms with Gasteiger partial charge >= 0.3 is 0 Å². The van der Waals surface area contributed by atoms with Crippen LogP contribution in [-0.2, 0) is 9.47 Å². The van der Waals surface area contributed by atoms with E-state index in [0.29, 0.717) is 29.0 Å². The summed E-state index contributed by atoms with van der Waals surface area (Å²) in [5, 5.41) is 0. The lowest BCUT2D eigenvalue weighted by molar-refractivity contribution is -0.163. The largest absolute Gasteiger partial charge is 0.492 e. The zero-order valence-electron chi connectivity index (χ0n) is 11.3. The number of hydrogen-bond donors (Lipinski definition) is 0. The van der Waals surface area contributed by atoms with Gasteiger partial charge in [-0.15, -0.1) is 0 Å². The first-order valence-electron chi connectivity index (χ1n) is 6.91. The summed E-state index contributed by atoms with van der Waals surface area (Å²) in [6.45, 7) is 1.97. The SMILES string of the molecule is O=Cc1cccc(OCCCOC2CCCCO2)c1Br. The first-order valence-corrected chi connectivity index (χ1v) is 7.70. The summed E-state index contributed by atoms with van der Waals surface area (Å²) < 4.78 is 17.5. The number of ether oxygens (including phenoxy) is 3. The molecule has 1 unspecified atom stereocenters. The van der Waals surface area contributed by atoms with Crippen molar-refractivity contribution in [1.29, 1.82) is 0 Å². The molecular formula is C15H19BrO4. The van der Waals surface area contributed by atoms with Gasteiger partial charge in [-0.05, 0) is 41.3 Å². The maximum absolute atomic E-state index is 10.8. The van der Waals surface area contributed by atoms with E-state index in [-0.39, 0.29) is 6.29 Å². The molecule has 0 N–H and O–H groups in total. The van der Waals surface area contributed by atoms with Gasteiger partial charge in [0.15, 0.2) is 12.6 Å². The van der Waals surface area contributed by atoms with E-state index in [2.05, 4.69) is 15.9 Å². The monoisotopic (exact) mass is 342 g/mol. The van der Waals surface area contributed by atoms with Crippen LogP contribution in [0.1, 0.15) is 36.0 Å². The van der Waals surface area contributed by atoms with E-state index >= 15 is 0 Å². The fraction of sp³-hybridized carbons (Fsp3) is 0.533. The Balaban J connectivity index is 1.67. The van der Waals surface area contributed by atoms with Crippen LogP contribution in [0.25, 0.3) is 0 Å². The maximum atomic E-state index is 10.8. The lowest BCUT2D eigenvalue weighted by atomic mass is 10.2. The van der Waals surface area contributed by atoms with Gasteiger partial charge in [0, 0.05) is 18.6 Å². The van der Waals surface area contributed by atoms with Crippen LogP contribution in [0.3, 0.4) is 0 Å². The first kappa shape index (κ1) is 15.5. The highest BCUT2D eigenvalue weighted by atomic mass is 79.9. The third-order valence-corrected chi connectivity index (χ3v) is 3.96. The summed E-state index contributed by atoms with van der Waals surface area (Å²) in [5.74, 6) is 0.684. The van der Waals surface area contributed by atoms with Gasteiger partial charge in [-0.25, -0.2) is 0 Å². The van der Waals surface area contributed by atoms with Crippen LogP contribution in [0.4, 0.5) is 0 Å². The number of carbonyl (C=O) groups excluding carboxylic acids is 1. The van der Waals surface area contributed by atoms with E-state index in [4.69, 9.17) is 14.2 Å². The highest BCUT2D eigenvalue weighted by molar-refractivity contribution is 9.10. The van der Waals surface area contributed by atoms with E-state index in [0.717, 1.165) is 32.2 Å². The van der Waals surface area contributed by atoms with Gasteiger partial charge in [-0.1, -0.05) is 12.1 Å². The van der Waals surface area contributed by atoms with Gasteiger partial charge in [0.2, 0.25) is 0 Å². The van der Waals surface area contributed by atoms with Crippen LogP contribution in [0.15, 0.2) is 22.7 Å². The fourth-order valence-electron chi connectivity index (χ4n) is 2.03. The zero-order valence-corrected chi connectivity index (χ0v) is 12.9. The van der Waals surface area contributed by atoms with Crippen molar-refractivity contribution in [2.75, 3.05) is 19.8 Å². The van der Waals surface area contributed by atoms with E-state index in [9.17, 15) is 4.79 Å². The van der Waals surface area contributed by atoms with Crippen LogP contribution in [0.2, 0.25) is 0 Å². The van der Waals surface area contributed by atoms with Crippen LogP contribution in [-0.4, -0.2) is 32.4 Å². The molecule has 1 aliphatic heterocycles. The fourth-order valence-corrected chi connectivity index (χ4v) is 2.50. The molecule has 1 aliphatic rings. The second kappa shape index (κ2) is 8.39. The molecule has 0 bridgehead atoms. The quantitative estimate of drug-likeness (QED) is 0.561. The van der Waals surface area contributed by atoms with Crippen LogP contribution >= 0.6 is 15.9 Å². The summed E-state index contributed by atoms with van der Waals surface area (Å²) in [5.41, 5.74) is 0.592. The Labute approximate surface area is 127 Å². The summed E-state index contributed by atoms with van der Waals surface area (Å²) in [6, 6.07) is 5.38. The molecule has 0 aliphatic carbocycles. The molecule has 1 atom stereocenters. The molecule has 1 aromatic carbocycles. The van der Waals surface area contributed by atoms with E-state index in [1.54, 1.807) is 12.1 Å². The Hall–Kier alpha value is -0.910. The highest BCUT2D eigenvalue weighted by Crippen LogP contribution is 2.27. The Morgan fingerprint density at radius 3 is 3.00 bits per heavy atom. The Morgan fingerprint density at radius 2 is 2.25 bits per heavy atom. The third-order valence-electron chi connectivity index (χ3n) is 3.11. The molecule has 0 spiro atoms. The number of hydrogen-bond acceptors (Lipinski definition) is 4. The van der Waals surface area contributed by atoms with Crippen molar-refractivity contribution in [3.8, 4) is 5.75 Å². The van der Waals surface area contributed by atoms with Gasteiger partial charge in [0.05, 0.1) is 17.7 Å². The van der Waals surface area contributed by atoms with Gasteiger partial charge in [-0.3, -0.25) is 4.79 Å². The Kier molecular flexibility index (Phi) is 6.50. The number of aldehydes is 1. The summed E-state index contributed by atoms with van der Waals surface area (Å²) in [4.78, 5) is 10.8. The molecule has 4 nitrogen and oxygen atoms in total. The first-order chi connectivity index (χ1) is 9.81. The molecule has 0 amide bonds. The van der Waals surface area contributed by atoms with Crippen molar-refractivity contribution in [3.63, 3.8) is 0 Å². The number of benzene rings is 1. The number of carbonyl (C=O) groups is 1. The van der Waals surface area contributed by atoms with Gasteiger partial charge in [-0.2, -0.15) is 0 Å². The van der Waals surface area contributed by atoms with Crippen LogP contribution in [0.5, 0.6) is 5.75 Å². The van der Waals surface area contributed by atoms with Gasteiger partial charge < -0.3 is 14.2 Å². The van der Waals surface area contributed by atoms with Crippen molar-refractivity contribution in [2.45, 2.75) is 32.0 Å². The van der Waals surface area contributed by atoms with E-state index < -0.39 is 0 Å². The van der Waals surface area contributed by atoms with Crippen molar-refractivity contribution in [1.82, 2.24) is 0 Å². The predicted molar refractivity (Wildman–Crippen MR) is 79.2 cm³/mol. The molecule has 1 aromatic rings. The van der Waals surface area contributed by atoms with E-state index in [1.807, 2.05) is 6.07 Å². The maximum Gasteiger partial charge on any atom is 0.157 e. The van der Waals surface area contributed by atoms with Crippen LogP contribution in [0, 0.1) is 0 Å². The smallest absolute Gasteiger partial charge is 0.157 e. The minimum Gasteiger partial charge on any atom is -0.492 e. The van der Waals surface area contributed by atoms with Crippen molar-refractivity contribution >= 4 is 22.2 Å². The van der Waals surface area contributed by atoms with Gasteiger partial charge in [0.1, 0.15) is 5.75 Å². The average Bonchev–Trinajstić information content (AvgIpc) is 2.49. The van der Waals surface area contributed by atoms with Crippen LogP contribution < -0.4 is 4.74 Å². The minimum absolute atomic E-state index is 0.0473. The molecule has 20 heavy (non-hydrogen) atoms. The summed E-state index contributed by atoms with van der Waals surface area (Å²) in [6.07, 6.45) is 4.83. The topological polar surface area (TPSA) is 44.8 Å². The molecule has 1 saturated heterocycles. The standard InChI is InChI=1S/C15H19BrO4/c16-15-12(11-17)5-3-6-13(15)18-9-4-10-20-14-7-1-2-8-19-14/h3,5-6,11,14H,1-2,4,7-10H2. The zero-order chi connectivity index (χ0) is 14.2. The Bertz CT molecular complexity index is 430. The second-order valence-electron chi connectivity index (χ2n) is 4.65. The number of rotatable bonds is 7. The lowest BCUT2D eigenvalue weighted by Crippen LogP contribution is -2.23. The van der Waals surface area contributed by atoms with E-state index in [1.165, 1.54) is 6.42 Å². The molecular weight excluding hydrogens is 324 g/mol. The van der Waals surface area contributed by atoms with Crippen molar-refractivity contribution < 1.29 is 19.0 Å². The minimum atomic E-state index is -0.0473. The molecule has 2 rings (SSSR count). The average molecular weight is 343 g/mol. The molecule has 5 heteroatoms. The molecule has 110 valence electrons. The third kappa shape index (κ3) is 4.58. The second-order valence-corrected chi connectivity index (χ2v) is 5.44. The predicted octanol–water partition coefficient (Wildman–Crippen LogP) is 3.57. The molecule has 0 saturated carbocycles. The molecule has 1 heterocycles. The molecule has 1 fully saturated rings. The summed E-state index contributed by atoms with van der Waals surface area (Å²) >= 11 is 3.37. The normalized spacial score (nSPS) is 18.8. The number of halogens is 1. The lowest BCUT2D eigenvalue weighted by Gasteiger charge is -2.22. The molecule has 0 aromatic heterocycles.